The smallest absolute Gasteiger partial charge is 0.391 e. The molecular formula is C11H14N5O2. The summed E-state index contributed by atoms with van der Waals surface area (Å²) in [4.78, 5) is 21.6. The van der Waals surface area contributed by atoms with Gasteiger partial charge in [0.1, 0.15) is 6.33 Å². The third kappa shape index (κ3) is 2.27. The monoisotopic (exact) mass is 248 g/mol. The number of piperazine rings is 1. The second-order valence-electron chi connectivity index (χ2n) is 4.37. The first-order valence-corrected chi connectivity index (χ1v) is 5.81. The van der Waals surface area contributed by atoms with Gasteiger partial charge >= 0.3 is 6.09 Å². The molecule has 7 heteroatoms. The van der Waals surface area contributed by atoms with Crippen LogP contribution in [0.15, 0.2) is 18.6 Å². The zero-order chi connectivity index (χ0) is 11.7. The van der Waals surface area contributed by atoms with E-state index in [2.05, 4.69) is 15.3 Å². The SMILES string of the molecule is O=C(Oc1ccncn1)N1C2CCC1CNC2.[N]. The fourth-order valence-electron chi connectivity index (χ4n) is 2.56. The molecule has 0 spiro atoms. The van der Waals surface area contributed by atoms with E-state index in [1.54, 1.807) is 12.3 Å². The van der Waals surface area contributed by atoms with Crippen LogP contribution in [0.1, 0.15) is 12.8 Å². The van der Waals surface area contributed by atoms with Crippen LogP contribution in [0, 0.1) is 0 Å². The summed E-state index contributed by atoms with van der Waals surface area (Å²) in [6.07, 6.45) is 4.74. The van der Waals surface area contributed by atoms with Gasteiger partial charge in [-0.05, 0) is 12.8 Å². The average Bonchev–Trinajstić information content (AvgIpc) is 2.61. The lowest BCUT2D eigenvalue weighted by atomic mass is 10.2. The topological polar surface area (TPSA) is 97.8 Å². The van der Waals surface area contributed by atoms with E-state index in [1.165, 1.54) is 6.33 Å². The van der Waals surface area contributed by atoms with Crippen molar-refractivity contribution in [1.29, 1.82) is 0 Å². The predicted octanol–water partition coefficient (Wildman–Crippen LogP) is -0.0690. The second kappa shape index (κ2) is 5.28. The fraction of sp³-hybridized carbons (Fsp3) is 0.545. The number of hydrogen-bond donors (Lipinski definition) is 1. The highest BCUT2D eigenvalue weighted by Gasteiger charge is 2.40. The zero-order valence-corrected chi connectivity index (χ0v) is 9.82. The Morgan fingerprint density at radius 2 is 2.11 bits per heavy atom. The van der Waals surface area contributed by atoms with Gasteiger partial charge in [0, 0.05) is 43.6 Å². The first-order valence-electron chi connectivity index (χ1n) is 5.81. The third-order valence-electron chi connectivity index (χ3n) is 3.34. The number of amides is 1. The molecule has 1 amide bonds. The summed E-state index contributed by atoms with van der Waals surface area (Å²) in [6.45, 7) is 1.71. The standard InChI is InChI=1S/C11H14N4O2.N/c16-11(17-10-3-4-12-7-14-10)15-8-1-2-9(15)6-13-5-8;/h3-4,7-9,13H,1-2,5-6H2;. The van der Waals surface area contributed by atoms with Crippen LogP contribution in [0.4, 0.5) is 4.79 Å². The van der Waals surface area contributed by atoms with Gasteiger partial charge in [0.25, 0.3) is 0 Å². The maximum absolute atomic E-state index is 12.0. The number of nitrogens with zero attached hydrogens (tertiary/aromatic N) is 4. The summed E-state index contributed by atoms with van der Waals surface area (Å²) in [5.41, 5.74) is 0. The van der Waals surface area contributed by atoms with Crippen LogP contribution in [0.3, 0.4) is 0 Å². The molecule has 3 radical (unpaired) electrons. The molecule has 2 unspecified atom stereocenters. The Morgan fingerprint density at radius 1 is 1.39 bits per heavy atom. The Balaban J connectivity index is 0.00000120. The highest BCUT2D eigenvalue weighted by atomic mass is 16.6. The van der Waals surface area contributed by atoms with E-state index in [0.29, 0.717) is 5.88 Å². The molecule has 0 aliphatic carbocycles. The van der Waals surface area contributed by atoms with Gasteiger partial charge in [0.05, 0.1) is 0 Å². The highest BCUT2D eigenvalue weighted by molar-refractivity contribution is 5.71. The van der Waals surface area contributed by atoms with Crippen molar-refractivity contribution in [3.8, 4) is 5.88 Å². The number of fused-ring (bicyclic) bond motifs is 2. The second-order valence-corrected chi connectivity index (χ2v) is 4.37. The molecule has 2 bridgehead atoms. The highest BCUT2D eigenvalue weighted by Crippen LogP contribution is 2.27. The minimum absolute atomic E-state index is 0. The van der Waals surface area contributed by atoms with Gasteiger partial charge in [-0.25, -0.2) is 14.8 Å². The van der Waals surface area contributed by atoms with Crippen LogP contribution in [0.2, 0.25) is 0 Å². The molecule has 1 aromatic rings. The summed E-state index contributed by atoms with van der Waals surface area (Å²) < 4.78 is 5.24. The molecule has 3 rings (SSSR count). The summed E-state index contributed by atoms with van der Waals surface area (Å²) >= 11 is 0. The van der Waals surface area contributed by atoms with E-state index in [1.807, 2.05) is 4.90 Å². The lowest BCUT2D eigenvalue weighted by Crippen LogP contribution is -2.55. The van der Waals surface area contributed by atoms with E-state index in [0.717, 1.165) is 25.9 Å². The van der Waals surface area contributed by atoms with E-state index in [-0.39, 0.29) is 24.3 Å². The molecule has 1 N–H and O–H groups in total. The van der Waals surface area contributed by atoms with Gasteiger partial charge in [-0.3, -0.25) is 4.90 Å². The molecule has 0 saturated carbocycles. The average molecular weight is 248 g/mol. The minimum atomic E-state index is -0.294. The largest absolute Gasteiger partial charge is 0.417 e. The van der Waals surface area contributed by atoms with Gasteiger partial charge in [0.15, 0.2) is 0 Å². The van der Waals surface area contributed by atoms with Crippen molar-refractivity contribution in [2.24, 2.45) is 0 Å². The first kappa shape index (κ1) is 12.7. The van der Waals surface area contributed by atoms with Gasteiger partial charge in [-0.15, -0.1) is 0 Å². The van der Waals surface area contributed by atoms with Crippen LogP contribution in [-0.4, -0.2) is 46.1 Å². The normalized spacial score (nSPS) is 25.4. The molecule has 18 heavy (non-hydrogen) atoms. The van der Waals surface area contributed by atoms with Crippen LogP contribution < -0.4 is 16.2 Å². The van der Waals surface area contributed by atoms with Crippen LogP contribution >= 0.6 is 0 Å². The molecule has 2 atom stereocenters. The number of carbonyl (C=O) groups excluding carboxylic acids is 1. The number of nitrogens with one attached hydrogen (secondary N) is 1. The van der Waals surface area contributed by atoms with Crippen LogP contribution in [-0.2, 0) is 0 Å². The van der Waals surface area contributed by atoms with Crippen LogP contribution in [0.5, 0.6) is 5.88 Å². The van der Waals surface area contributed by atoms with Gasteiger partial charge in [0.2, 0.25) is 5.88 Å². The lowest BCUT2D eigenvalue weighted by Gasteiger charge is -2.34. The van der Waals surface area contributed by atoms with Crippen molar-refractivity contribution in [2.75, 3.05) is 13.1 Å². The summed E-state index contributed by atoms with van der Waals surface area (Å²) in [5.74, 6) is 0.308. The van der Waals surface area contributed by atoms with E-state index in [4.69, 9.17) is 4.74 Å². The molecule has 1 aromatic heterocycles. The maximum Gasteiger partial charge on any atom is 0.417 e. The maximum atomic E-state index is 12.0. The molecular weight excluding hydrogens is 234 g/mol. The Kier molecular flexibility index (Phi) is 3.73. The Bertz CT molecular complexity index is 397. The lowest BCUT2D eigenvalue weighted by molar-refractivity contribution is 0.113. The predicted molar refractivity (Wildman–Crippen MR) is 61.7 cm³/mol. The van der Waals surface area contributed by atoms with Crippen molar-refractivity contribution < 1.29 is 9.53 Å². The van der Waals surface area contributed by atoms with Crippen molar-refractivity contribution in [3.05, 3.63) is 18.6 Å². The van der Waals surface area contributed by atoms with Crippen molar-refractivity contribution >= 4 is 6.09 Å². The van der Waals surface area contributed by atoms with Crippen molar-refractivity contribution in [3.63, 3.8) is 0 Å². The molecule has 0 aromatic carbocycles. The quantitative estimate of drug-likeness (QED) is 0.750. The van der Waals surface area contributed by atoms with Gasteiger partial charge < -0.3 is 10.1 Å². The Hall–Kier alpha value is -1.73. The van der Waals surface area contributed by atoms with Crippen molar-refractivity contribution in [2.45, 2.75) is 24.9 Å². The van der Waals surface area contributed by atoms with Crippen LogP contribution in [0.25, 0.3) is 0 Å². The molecule has 2 aliphatic rings. The van der Waals surface area contributed by atoms with Gasteiger partial charge in [-0.1, -0.05) is 0 Å². The molecule has 2 fully saturated rings. The number of ether oxygens (including phenoxy) is 1. The van der Waals surface area contributed by atoms with E-state index < -0.39 is 0 Å². The summed E-state index contributed by atoms with van der Waals surface area (Å²) in [5, 5.41) is 3.32. The number of aromatic nitrogens is 2. The minimum Gasteiger partial charge on any atom is -0.391 e. The Morgan fingerprint density at radius 3 is 2.72 bits per heavy atom. The number of rotatable bonds is 1. The molecule has 3 heterocycles. The summed E-state index contributed by atoms with van der Waals surface area (Å²) in [6, 6.07) is 2.12. The molecule has 7 nitrogen and oxygen atoms in total. The van der Waals surface area contributed by atoms with E-state index >= 15 is 0 Å². The zero-order valence-electron chi connectivity index (χ0n) is 9.82. The Labute approximate surface area is 105 Å². The summed E-state index contributed by atoms with van der Waals surface area (Å²) in [7, 11) is 0. The molecule has 2 saturated heterocycles. The number of carbonyl (C=O) groups is 1. The first-order chi connectivity index (χ1) is 8.34. The number of hydrogen-bond acceptors (Lipinski definition) is 5. The van der Waals surface area contributed by atoms with E-state index in [9.17, 15) is 4.79 Å². The fourth-order valence-corrected chi connectivity index (χ4v) is 2.56. The van der Waals surface area contributed by atoms with Gasteiger partial charge in [-0.2, -0.15) is 0 Å². The third-order valence-corrected chi connectivity index (χ3v) is 3.34. The van der Waals surface area contributed by atoms with Crippen molar-refractivity contribution in [1.82, 2.24) is 26.3 Å². The molecule has 95 valence electrons. The molecule has 2 aliphatic heterocycles.